The van der Waals surface area contributed by atoms with E-state index in [1.807, 2.05) is 32.9 Å². The fourth-order valence-corrected chi connectivity index (χ4v) is 3.31. The second-order valence-corrected chi connectivity index (χ2v) is 6.57. The third-order valence-corrected chi connectivity index (χ3v) is 4.55. The quantitative estimate of drug-likeness (QED) is 0.824. The van der Waals surface area contributed by atoms with Gasteiger partial charge in [0.25, 0.3) is 0 Å². The summed E-state index contributed by atoms with van der Waals surface area (Å²) in [4.78, 5) is 24.3. The van der Waals surface area contributed by atoms with Crippen molar-refractivity contribution in [1.82, 2.24) is 5.32 Å². The molecule has 0 heterocycles. The zero-order valence-corrected chi connectivity index (χ0v) is 14.0. The standard InChI is InChI=1S/C18H26N2O2/c1-11-9-13(3)16(14(4)10-11)20-18(22)17(21)19-15-8-6-5-7-12(15)2/h9-10,12,15H,5-8H2,1-4H3,(H,19,21)(H,20,22)/t12-,15-/m1/s1. The van der Waals surface area contributed by atoms with Crippen molar-refractivity contribution in [3.63, 3.8) is 0 Å². The van der Waals surface area contributed by atoms with Crippen molar-refractivity contribution in [3.8, 4) is 0 Å². The molecule has 120 valence electrons. The second-order valence-electron chi connectivity index (χ2n) is 6.57. The molecule has 2 rings (SSSR count). The molecule has 0 spiro atoms. The fraction of sp³-hybridized carbons (Fsp3) is 0.556. The Hall–Kier alpha value is -1.84. The van der Waals surface area contributed by atoms with Crippen LogP contribution >= 0.6 is 0 Å². The number of anilines is 1. The highest BCUT2D eigenvalue weighted by molar-refractivity contribution is 6.39. The van der Waals surface area contributed by atoms with Crippen molar-refractivity contribution >= 4 is 17.5 Å². The summed E-state index contributed by atoms with van der Waals surface area (Å²) < 4.78 is 0. The van der Waals surface area contributed by atoms with Crippen molar-refractivity contribution in [1.29, 1.82) is 0 Å². The highest BCUT2D eigenvalue weighted by atomic mass is 16.2. The van der Waals surface area contributed by atoms with E-state index in [0.29, 0.717) is 5.92 Å². The van der Waals surface area contributed by atoms with Gasteiger partial charge in [0.2, 0.25) is 0 Å². The molecular formula is C18H26N2O2. The maximum absolute atomic E-state index is 12.2. The average molecular weight is 302 g/mol. The van der Waals surface area contributed by atoms with E-state index in [-0.39, 0.29) is 6.04 Å². The molecule has 0 radical (unpaired) electrons. The maximum atomic E-state index is 12.2. The zero-order chi connectivity index (χ0) is 16.3. The van der Waals surface area contributed by atoms with Crippen LogP contribution in [0, 0.1) is 26.7 Å². The van der Waals surface area contributed by atoms with E-state index in [0.717, 1.165) is 41.6 Å². The molecule has 2 amide bonds. The Balaban J connectivity index is 2.01. The molecule has 2 N–H and O–H groups in total. The van der Waals surface area contributed by atoms with Crippen molar-refractivity contribution in [2.75, 3.05) is 5.32 Å². The number of benzene rings is 1. The first-order chi connectivity index (χ1) is 10.4. The Kier molecular flexibility index (Phi) is 5.22. The Labute approximate surface area is 132 Å². The summed E-state index contributed by atoms with van der Waals surface area (Å²) in [7, 11) is 0. The number of carbonyl (C=O) groups is 2. The lowest BCUT2D eigenvalue weighted by molar-refractivity contribution is -0.137. The molecule has 2 atom stereocenters. The van der Waals surface area contributed by atoms with E-state index in [9.17, 15) is 9.59 Å². The van der Waals surface area contributed by atoms with Crippen molar-refractivity contribution < 1.29 is 9.59 Å². The number of amides is 2. The van der Waals surface area contributed by atoms with Gasteiger partial charge in [0.05, 0.1) is 0 Å². The third kappa shape index (κ3) is 3.87. The number of rotatable bonds is 2. The van der Waals surface area contributed by atoms with Crippen LogP contribution in [0.2, 0.25) is 0 Å². The smallest absolute Gasteiger partial charge is 0.313 e. The van der Waals surface area contributed by atoms with Crippen LogP contribution in [0.5, 0.6) is 0 Å². The molecule has 0 saturated heterocycles. The van der Waals surface area contributed by atoms with Crippen LogP contribution in [0.3, 0.4) is 0 Å². The Bertz CT molecular complexity index is 557. The number of hydrogen-bond donors (Lipinski definition) is 2. The normalized spacial score (nSPS) is 21.3. The van der Waals surface area contributed by atoms with Gasteiger partial charge in [-0.3, -0.25) is 9.59 Å². The number of carbonyl (C=O) groups excluding carboxylic acids is 2. The fourth-order valence-electron chi connectivity index (χ4n) is 3.31. The van der Waals surface area contributed by atoms with Gasteiger partial charge in [-0.05, 0) is 50.7 Å². The first-order valence-corrected chi connectivity index (χ1v) is 8.08. The summed E-state index contributed by atoms with van der Waals surface area (Å²) in [6, 6.07) is 4.13. The maximum Gasteiger partial charge on any atom is 0.313 e. The molecule has 4 heteroatoms. The molecule has 1 aromatic carbocycles. The monoisotopic (exact) mass is 302 g/mol. The lowest BCUT2D eigenvalue weighted by Gasteiger charge is -2.29. The van der Waals surface area contributed by atoms with Crippen LogP contribution in [0.15, 0.2) is 12.1 Å². The van der Waals surface area contributed by atoms with Crippen molar-refractivity contribution in [3.05, 3.63) is 28.8 Å². The van der Waals surface area contributed by atoms with Gasteiger partial charge in [-0.25, -0.2) is 0 Å². The highest BCUT2D eigenvalue weighted by Gasteiger charge is 2.25. The summed E-state index contributed by atoms with van der Waals surface area (Å²) in [5.41, 5.74) is 3.84. The highest BCUT2D eigenvalue weighted by Crippen LogP contribution is 2.24. The van der Waals surface area contributed by atoms with Crippen LogP contribution in [-0.4, -0.2) is 17.9 Å². The summed E-state index contributed by atoms with van der Waals surface area (Å²) >= 11 is 0. The molecule has 1 fully saturated rings. The molecule has 1 aliphatic carbocycles. The minimum Gasteiger partial charge on any atom is -0.345 e. The van der Waals surface area contributed by atoms with Crippen LogP contribution in [0.25, 0.3) is 0 Å². The van der Waals surface area contributed by atoms with Gasteiger partial charge in [-0.2, -0.15) is 0 Å². The average Bonchev–Trinajstić information content (AvgIpc) is 2.45. The van der Waals surface area contributed by atoms with Gasteiger partial charge in [0, 0.05) is 11.7 Å². The molecule has 0 aromatic heterocycles. The lowest BCUT2D eigenvalue weighted by atomic mass is 9.86. The van der Waals surface area contributed by atoms with E-state index in [1.54, 1.807) is 0 Å². The summed E-state index contributed by atoms with van der Waals surface area (Å²) in [6.45, 7) is 8.03. The van der Waals surface area contributed by atoms with Gasteiger partial charge < -0.3 is 10.6 Å². The van der Waals surface area contributed by atoms with Crippen LogP contribution in [-0.2, 0) is 9.59 Å². The Morgan fingerprint density at radius 2 is 1.59 bits per heavy atom. The number of aryl methyl sites for hydroxylation is 3. The second kappa shape index (κ2) is 6.95. The molecule has 1 aromatic rings. The third-order valence-electron chi connectivity index (χ3n) is 4.55. The SMILES string of the molecule is Cc1cc(C)c(NC(=O)C(=O)N[C@@H]2CCCC[C@H]2C)c(C)c1. The molecule has 22 heavy (non-hydrogen) atoms. The van der Waals surface area contributed by atoms with Crippen molar-refractivity contribution in [2.24, 2.45) is 5.92 Å². The summed E-state index contributed by atoms with van der Waals surface area (Å²) in [5.74, 6) is -0.667. The van der Waals surface area contributed by atoms with E-state index in [4.69, 9.17) is 0 Å². The lowest BCUT2D eigenvalue weighted by Crippen LogP contribution is -2.45. The minimum atomic E-state index is -0.576. The van der Waals surface area contributed by atoms with Gasteiger partial charge >= 0.3 is 11.8 Å². The first-order valence-electron chi connectivity index (χ1n) is 8.08. The van der Waals surface area contributed by atoms with E-state index in [2.05, 4.69) is 17.6 Å². The van der Waals surface area contributed by atoms with E-state index in [1.165, 1.54) is 6.42 Å². The van der Waals surface area contributed by atoms with Gasteiger partial charge in [-0.1, -0.05) is 37.5 Å². The van der Waals surface area contributed by atoms with Crippen LogP contribution in [0.4, 0.5) is 5.69 Å². The molecular weight excluding hydrogens is 276 g/mol. The first kappa shape index (κ1) is 16.5. The van der Waals surface area contributed by atoms with Crippen molar-refractivity contribution in [2.45, 2.75) is 59.4 Å². The Morgan fingerprint density at radius 1 is 1.00 bits per heavy atom. The minimum absolute atomic E-state index is 0.118. The molecule has 1 saturated carbocycles. The summed E-state index contributed by atoms with van der Waals surface area (Å²) in [6.07, 6.45) is 4.40. The van der Waals surface area contributed by atoms with E-state index < -0.39 is 11.8 Å². The van der Waals surface area contributed by atoms with E-state index >= 15 is 0 Å². The molecule has 4 nitrogen and oxygen atoms in total. The number of nitrogens with one attached hydrogen (secondary N) is 2. The predicted octanol–water partition coefficient (Wildman–Crippen LogP) is 3.25. The number of hydrogen-bond acceptors (Lipinski definition) is 2. The molecule has 0 aliphatic heterocycles. The zero-order valence-electron chi connectivity index (χ0n) is 14.0. The largest absolute Gasteiger partial charge is 0.345 e. The van der Waals surface area contributed by atoms with Crippen LogP contribution in [0.1, 0.15) is 49.3 Å². The van der Waals surface area contributed by atoms with Gasteiger partial charge in [0.1, 0.15) is 0 Å². The summed E-state index contributed by atoms with van der Waals surface area (Å²) in [5, 5.41) is 5.65. The molecule has 1 aliphatic rings. The van der Waals surface area contributed by atoms with Gasteiger partial charge in [0.15, 0.2) is 0 Å². The predicted molar refractivity (Wildman–Crippen MR) is 88.8 cm³/mol. The molecule has 0 bridgehead atoms. The van der Waals surface area contributed by atoms with Crippen LogP contribution < -0.4 is 10.6 Å². The van der Waals surface area contributed by atoms with Gasteiger partial charge in [-0.15, -0.1) is 0 Å². The topological polar surface area (TPSA) is 58.2 Å². The Morgan fingerprint density at radius 3 is 2.18 bits per heavy atom. The molecule has 0 unspecified atom stereocenters.